The molecule has 0 saturated carbocycles. The highest BCUT2D eigenvalue weighted by atomic mass is 127. The first-order chi connectivity index (χ1) is 11.7. The molecule has 0 unspecified atom stereocenters. The molecule has 2 N–H and O–H groups in total. The van der Waals surface area contributed by atoms with Crippen LogP contribution in [0.25, 0.3) is 0 Å². The molecular weight excluding hydrogens is 466 g/mol. The van der Waals surface area contributed by atoms with E-state index < -0.39 is 0 Å². The van der Waals surface area contributed by atoms with Gasteiger partial charge in [-0.05, 0) is 39.8 Å². The predicted molar refractivity (Wildman–Crippen MR) is 119 cm³/mol. The van der Waals surface area contributed by atoms with E-state index in [1.807, 2.05) is 40.8 Å². The normalized spacial score (nSPS) is 11.5. The van der Waals surface area contributed by atoms with Gasteiger partial charge in [-0.3, -0.25) is 9.79 Å². The summed E-state index contributed by atoms with van der Waals surface area (Å²) in [5, 5.41) is 6.11. The number of guanidine groups is 1. The molecule has 0 aliphatic heterocycles. The Hall–Kier alpha value is -1.03. The summed E-state index contributed by atoms with van der Waals surface area (Å²) in [6, 6.07) is 6.72. The second-order valence-corrected chi connectivity index (χ2v) is 7.81. The monoisotopic (exact) mass is 496 g/mol. The second-order valence-electron chi connectivity index (χ2n) is 6.67. The molecule has 0 bridgehead atoms. The van der Waals surface area contributed by atoms with Crippen LogP contribution in [0.5, 0.6) is 0 Å². The molecule has 26 heavy (non-hydrogen) atoms. The van der Waals surface area contributed by atoms with Crippen molar-refractivity contribution >= 4 is 47.6 Å². The van der Waals surface area contributed by atoms with Gasteiger partial charge in [0, 0.05) is 29.8 Å². The number of hydrogen-bond acceptors (Lipinski definition) is 3. The fourth-order valence-corrected chi connectivity index (χ4v) is 2.87. The number of carbonyl (C=O) groups is 1. The standard InChI is InChI=1S/C18H29FN4OS.HI/c1-6-20-17(23(5)13-16(24)22-18(2,3)4)21-11-12-25-15-10-8-7-9-14(15)19;/h7-10H,6,11-13H2,1-5H3,(H,20,21)(H,22,24);1H. The van der Waals surface area contributed by atoms with Gasteiger partial charge in [0.05, 0.1) is 13.1 Å². The van der Waals surface area contributed by atoms with Crippen molar-refractivity contribution in [2.45, 2.75) is 38.1 Å². The van der Waals surface area contributed by atoms with Crippen molar-refractivity contribution in [3.8, 4) is 0 Å². The fourth-order valence-electron chi connectivity index (χ4n) is 2.09. The molecule has 0 fully saturated rings. The van der Waals surface area contributed by atoms with Gasteiger partial charge in [0.15, 0.2) is 5.96 Å². The summed E-state index contributed by atoms with van der Waals surface area (Å²) in [7, 11) is 1.83. The van der Waals surface area contributed by atoms with E-state index >= 15 is 0 Å². The molecule has 0 radical (unpaired) electrons. The first-order valence-electron chi connectivity index (χ1n) is 8.40. The molecule has 8 heteroatoms. The Morgan fingerprint density at radius 1 is 1.31 bits per heavy atom. The Bertz CT molecular complexity index is 593. The first-order valence-corrected chi connectivity index (χ1v) is 9.39. The summed E-state index contributed by atoms with van der Waals surface area (Å²) in [4.78, 5) is 19.0. The van der Waals surface area contributed by atoms with E-state index in [1.54, 1.807) is 17.0 Å². The van der Waals surface area contributed by atoms with E-state index in [1.165, 1.54) is 17.8 Å². The fraction of sp³-hybridized carbons (Fsp3) is 0.556. The summed E-state index contributed by atoms with van der Waals surface area (Å²) in [6.45, 7) is 9.30. The van der Waals surface area contributed by atoms with Crippen LogP contribution in [-0.4, -0.2) is 54.7 Å². The number of likely N-dealkylation sites (N-methyl/N-ethyl adjacent to an activating group) is 1. The maximum Gasteiger partial charge on any atom is 0.240 e. The Labute approximate surface area is 177 Å². The molecule has 1 aromatic rings. The van der Waals surface area contributed by atoms with Crippen LogP contribution in [0, 0.1) is 5.82 Å². The third-order valence-electron chi connectivity index (χ3n) is 3.04. The molecule has 5 nitrogen and oxygen atoms in total. The van der Waals surface area contributed by atoms with E-state index in [-0.39, 0.29) is 47.8 Å². The van der Waals surface area contributed by atoms with Gasteiger partial charge in [-0.15, -0.1) is 35.7 Å². The highest BCUT2D eigenvalue weighted by Gasteiger charge is 2.16. The van der Waals surface area contributed by atoms with Gasteiger partial charge < -0.3 is 15.5 Å². The van der Waals surface area contributed by atoms with Crippen molar-refractivity contribution in [3.05, 3.63) is 30.1 Å². The zero-order valence-corrected chi connectivity index (χ0v) is 19.3. The number of nitrogens with zero attached hydrogens (tertiary/aromatic N) is 2. The number of carbonyl (C=O) groups excluding carboxylic acids is 1. The van der Waals surface area contributed by atoms with Crippen molar-refractivity contribution in [2.75, 3.05) is 32.4 Å². The van der Waals surface area contributed by atoms with E-state index in [4.69, 9.17) is 0 Å². The minimum atomic E-state index is -0.260. The van der Waals surface area contributed by atoms with Gasteiger partial charge in [-0.1, -0.05) is 12.1 Å². The minimum Gasteiger partial charge on any atom is -0.357 e. The maximum atomic E-state index is 13.6. The predicted octanol–water partition coefficient (Wildman–Crippen LogP) is 3.35. The number of hydrogen-bond donors (Lipinski definition) is 2. The lowest BCUT2D eigenvalue weighted by atomic mass is 10.1. The zero-order chi connectivity index (χ0) is 18.9. The average molecular weight is 496 g/mol. The van der Waals surface area contributed by atoms with Crippen molar-refractivity contribution in [1.82, 2.24) is 15.5 Å². The van der Waals surface area contributed by atoms with Gasteiger partial charge >= 0.3 is 0 Å². The number of rotatable bonds is 7. The van der Waals surface area contributed by atoms with Gasteiger partial charge in [0.1, 0.15) is 5.82 Å². The molecule has 1 aromatic carbocycles. The van der Waals surface area contributed by atoms with Crippen molar-refractivity contribution < 1.29 is 9.18 Å². The number of aliphatic imine (C=N–C) groups is 1. The van der Waals surface area contributed by atoms with Gasteiger partial charge in [0.2, 0.25) is 5.91 Å². The van der Waals surface area contributed by atoms with Gasteiger partial charge in [0.25, 0.3) is 0 Å². The summed E-state index contributed by atoms with van der Waals surface area (Å²) >= 11 is 1.43. The summed E-state index contributed by atoms with van der Waals surface area (Å²) in [6.07, 6.45) is 0. The molecule has 148 valence electrons. The summed E-state index contributed by atoms with van der Waals surface area (Å²) < 4.78 is 13.6. The Kier molecular flexibility index (Phi) is 11.9. The smallest absolute Gasteiger partial charge is 0.240 e. The van der Waals surface area contributed by atoms with Gasteiger partial charge in [-0.2, -0.15) is 0 Å². The number of thioether (sulfide) groups is 1. The van der Waals surface area contributed by atoms with Crippen LogP contribution in [0.2, 0.25) is 0 Å². The van der Waals surface area contributed by atoms with Crippen molar-refractivity contribution in [3.63, 3.8) is 0 Å². The molecule has 0 atom stereocenters. The zero-order valence-electron chi connectivity index (χ0n) is 16.1. The maximum absolute atomic E-state index is 13.6. The lowest BCUT2D eigenvalue weighted by Gasteiger charge is -2.25. The highest BCUT2D eigenvalue weighted by Crippen LogP contribution is 2.20. The van der Waals surface area contributed by atoms with Crippen LogP contribution in [0.15, 0.2) is 34.2 Å². The summed E-state index contributed by atoms with van der Waals surface area (Å²) in [5.41, 5.74) is -0.260. The van der Waals surface area contributed by atoms with Crippen LogP contribution >= 0.6 is 35.7 Å². The molecule has 0 aliphatic rings. The molecule has 0 heterocycles. The van der Waals surface area contributed by atoms with E-state index in [2.05, 4.69) is 15.6 Å². The number of amides is 1. The van der Waals surface area contributed by atoms with Crippen LogP contribution in [0.4, 0.5) is 4.39 Å². The van der Waals surface area contributed by atoms with E-state index in [0.29, 0.717) is 29.7 Å². The average Bonchev–Trinajstić information content (AvgIpc) is 2.49. The Morgan fingerprint density at radius 2 is 1.96 bits per heavy atom. The second kappa shape index (κ2) is 12.4. The van der Waals surface area contributed by atoms with Crippen molar-refractivity contribution in [2.24, 2.45) is 4.99 Å². The molecular formula is C18H30FIN4OS. The van der Waals surface area contributed by atoms with Crippen LogP contribution in [-0.2, 0) is 4.79 Å². The molecule has 0 aliphatic carbocycles. The van der Waals surface area contributed by atoms with Crippen LogP contribution in [0.1, 0.15) is 27.7 Å². The topological polar surface area (TPSA) is 56.7 Å². The molecule has 0 aromatic heterocycles. The van der Waals surface area contributed by atoms with Gasteiger partial charge in [-0.25, -0.2) is 4.39 Å². The Morgan fingerprint density at radius 3 is 2.54 bits per heavy atom. The lowest BCUT2D eigenvalue weighted by molar-refractivity contribution is -0.122. The quantitative estimate of drug-likeness (QED) is 0.200. The largest absolute Gasteiger partial charge is 0.357 e. The SMILES string of the molecule is CCNC(=NCCSc1ccccc1F)N(C)CC(=O)NC(C)(C)C.I. The van der Waals surface area contributed by atoms with E-state index in [9.17, 15) is 9.18 Å². The van der Waals surface area contributed by atoms with Crippen molar-refractivity contribution in [1.29, 1.82) is 0 Å². The van der Waals surface area contributed by atoms with E-state index in [0.717, 1.165) is 0 Å². The van der Waals surface area contributed by atoms with Crippen LogP contribution < -0.4 is 10.6 Å². The minimum absolute atomic E-state index is 0. The molecule has 1 rings (SSSR count). The molecule has 0 saturated heterocycles. The number of halogens is 2. The third kappa shape index (κ3) is 10.2. The lowest BCUT2D eigenvalue weighted by Crippen LogP contribution is -2.48. The number of nitrogens with one attached hydrogen (secondary N) is 2. The molecule has 1 amide bonds. The third-order valence-corrected chi connectivity index (χ3v) is 4.07. The number of benzene rings is 1. The highest BCUT2D eigenvalue weighted by molar-refractivity contribution is 14.0. The van der Waals surface area contributed by atoms with Crippen LogP contribution in [0.3, 0.4) is 0 Å². The summed E-state index contributed by atoms with van der Waals surface area (Å²) in [5.74, 6) is 1.07. The Balaban J connectivity index is 0.00000625. The molecule has 0 spiro atoms. The first kappa shape index (κ1) is 25.0.